The van der Waals surface area contributed by atoms with E-state index in [1.54, 1.807) is 23.9 Å². The van der Waals surface area contributed by atoms with Crippen LogP contribution in [-0.2, 0) is 5.75 Å². The first-order valence-corrected chi connectivity index (χ1v) is 10.0. The van der Waals surface area contributed by atoms with Crippen LogP contribution in [0.25, 0.3) is 0 Å². The topological polar surface area (TPSA) is 53.2 Å². The number of thioether (sulfide) groups is 1. The van der Waals surface area contributed by atoms with Gasteiger partial charge in [0.2, 0.25) is 0 Å². The molecule has 0 fully saturated rings. The van der Waals surface area contributed by atoms with Gasteiger partial charge in [-0.15, -0.1) is 11.8 Å². The maximum absolute atomic E-state index is 13.0. The molecule has 0 aromatic heterocycles. The molecule has 3 N–H and O–H groups in total. The normalized spacial score (nSPS) is 10.3. The molecule has 4 nitrogen and oxygen atoms in total. The van der Waals surface area contributed by atoms with Crippen molar-refractivity contribution in [3.05, 3.63) is 101 Å². The van der Waals surface area contributed by atoms with E-state index in [9.17, 15) is 9.18 Å². The van der Waals surface area contributed by atoms with Crippen molar-refractivity contribution >= 4 is 34.9 Å². The second-order valence-corrected chi connectivity index (χ2v) is 7.51. The molecule has 0 radical (unpaired) electrons. The van der Waals surface area contributed by atoms with Crippen molar-refractivity contribution in [2.24, 2.45) is 0 Å². The molecular weight excluding hydrogens is 385 g/mol. The van der Waals surface area contributed by atoms with Crippen LogP contribution in [-0.4, -0.2) is 6.03 Å². The maximum atomic E-state index is 13.0. The summed E-state index contributed by atoms with van der Waals surface area (Å²) in [5.41, 5.74) is 4.35. The summed E-state index contributed by atoms with van der Waals surface area (Å²) in [5.74, 6) is 0.460. The molecule has 3 aromatic rings. The number of carbonyl (C=O) groups excluding carboxylic acids is 1. The molecule has 6 heteroatoms. The van der Waals surface area contributed by atoms with Crippen molar-refractivity contribution in [3.8, 4) is 0 Å². The zero-order valence-electron chi connectivity index (χ0n) is 16.0. The van der Waals surface area contributed by atoms with Crippen molar-refractivity contribution in [3.63, 3.8) is 0 Å². The predicted octanol–water partition coefficient (Wildman–Crippen LogP) is 6.59. The van der Waals surface area contributed by atoms with Crippen LogP contribution in [0.1, 0.15) is 11.1 Å². The van der Waals surface area contributed by atoms with Gasteiger partial charge in [0.25, 0.3) is 0 Å². The van der Waals surface area contributed by atoms with Gasteiger partial charge in [0.05, 0.1) is 5.03 Å². The summed E-state index contributed by atoms with van der Waals surface area (Å²) in [6, 6.07) is 21.0. The average molecular weight is 408 g/mol. The minimum atomic E-state index is -0.296. The Morgan fingerprint density at radius 1 is 0.931 bits per heavy atom. The molecular formula is C23H22FN3OS. The smallest absolute Gasteiger partial charge is 0.323 e. The molecule has 0 atom stereocenters. The van der Waals surface area contributed by atoms with Crippen molar-refractivity contribution in [2.45, 2.75) is 12.7 Å². The number of hydrogen-bond acceptors (Lipinski definition) is 3. The molecule has 0 aliphatic carbocycles. The molecule has 0 heterocycles. The van der Waals surface area contributed by atoms with E-state index in [-0.39, 0.29) is 11.8 Å². The van der Waals surface area contributed by atoms with Crippen LogP contribution >= 0.6 is 11.8 Å². The summed E-state index contributed by atoms with van der Waals surface area (Å²) >= 11 is 1.55. The second-order valence-electron chi connectivity index (χ2n) is 6.44. The molecule has 0 spiro atoms. The summed E-state index contributed by atoms with van der Waals surface area (Å²) < 4.78 is 13.0. The van der Waals surface area contributed by atoms with Crippen LogP contribution in [0.15, 0.2) is 84.4 Å². The van der Waals surface area contributed by atoms with Crippen molar-refractivity contribution in [1.29, 1.82) is 0 Å². The van der Waals surface area contributed by atoms with Crippen molar-refractivity contribution < 1.29 is 9.18 Å². The van der Waals surface area contributed by atoms with Gasteiger partial charge in [-0.3, -0.25) is 0 Å². The van der Waals surface area contributed by atoms with Gasteiger partial charge < -0.3 is 16.0 Å². The predicted molar refractivity (Wildman–Crippen MR) is 121 cm³/mol. The molecule has 29 heavy (non-hydrogen) atoms. The van der Waals surface area contributed by atoms with Gasteiger partial charge in [-0.1, -0.05) is 36.9 Å². The van der Waals surface area contributed by atoms with E-state index in [0.717, 1.165) is 27.5 Å². The standard InChI is InChI=1S/C23H22FN3OS/c1-16-14-21(27-23(28)26-20-6-4-3-5-7-20)12-13-22(16)25-17(2)29-15-18-8-10-19(24)11-9-18/h3-14,25H,2,15H2,1H3,(H2,26,27,28). The Morgan fingerprint density at radius 3 is 2.31 bits per heavy atom. The third-order valence-corrected chi connectivity index (χ3v) is 5.04. The Hall–Kier alpha value is -3.25. The lowest BCUT2D eigenvalue weighted by Crippen LogP contribution is -2.19. The molecule has 0 aliphatic heterocycles. The number of carbonyl (C=O) groups is 1. The molecule has 0 saturated heterocycles. The fraction of sp³-hybridized carbons (Fsp3) is 0.0870. The van der Waals surface area contributed by atoms with E-state index >= 15 is 0 Å². The number of aryl methyl sites for hydroxylation is 1. The first-order valence-electron chi connectivity index (χ1n) is 9.06. The van der Waals surface area contributed by atoms with Crippen molar-refractivity contribution in [2.75, 3.05) is 16.0 Å². The number of rotatable bonds is 7. The monoisotopic (exact) mass is 407 g/mol. The van der Waals surface area contributed by atoms with Gasteiger partial charge in [0.1, 0.15) is 5.82 Å². The number of benzene rings is 3. The second kappa shape index (κ2) is 9.80. The summed E-state index contributed by atoms with van der Waals surface area (Å²) in [5, 5.41) is 9.68. The molecule has 148 valence electrons. The van der Waals surface area contributed by atoms with E-state index in [2.05, 4.69) is 22.5 Å². The summed E-state index contributed by atoms with van der Waals surface area (Å²) in [4.78, 5) is 12.1. The lowest BCUT2D eigenvalue weighted by molar-refractivity contribution is 0.262. The third kappa shape index (κ3) is 6.40. The number of nitrogens with one attached hydrogen (secondary N) is 3. The highest BCUT2D eigenvalue weighted by Gasteiger charge is 2.06. The Kier molecular flexibility index (Phi) is 6.92. The highest BCUT2D eigenvalue weighted by atomic mass is 32.2. The van der Waals surface area contributed by atoms with Crippen LogP contribution < -0.4 is 16.0 Å². The van der Waals surface area contributed by atoms with E-state index < -0.39 is 0 Å². The summed E-state index contributed by atoms with van der Waals surface area (Å²) in [7, 11) is 0. The fourth-order valence-electron chi connectivity index (χ4n) is 2.63. The number of amides is 2. The summed E-state index contributed by atoms with van der Waals surface area (Å²) in [6.07, 6.45) is 0. The minimum absolute atomic E-state index is 0.238. The lowest BCUT2D eigenvalue weighted by Gasteiger charge is -2.14. The lowest BCUT2D eigenvalue weighted by atomic mass is 10.2. The quantitative estimate of drug-likeness (QED) is 0.414. The number of halogens is 1. The first kappa shape index (κ1) is 20.5. The molecule has 0 unspecified atom stereocenters. The third-order valence-electron chi connectivity index (χ3n) is 4.12. The van der Waals surface area contributed by atoms with E-state index in [1.807, 2.05) is 55.5 Å². The van der Waals surface area contributed by atoms with Gasteiger partial charge in [-0.25, -0.2) is 9.18 Å². The highest BCUT2D eigenvalue weighted by Crippen LogP contribution is 2.26. The molecule has 3 aromatic carbocycles. The molecule has 0 saturated carbocycles. The van der Waals surface area contributed by atoms with Crippen LogP contribution in [0.4, 0.5) is 26.2 Å². The Labute approximate surface area is 174 Å². The number of para-hydroxylation sites is 1. The van der Waals surface area contributed by atoms with E-state index in [4.69, 9.17) is 0 Å². The van der Waals surface area contributed by atoms with Gasteiger partial charge in [-0.2, -0.15) is 0 Å². The van der Waals surface area contributed by atoms with Crippen LogP contribution in [0.5, 0.6) is 0 Å². The van der Waals surface area contributed by atoms with Crippen LogP contribution in [0.2, 0.25) is 0 Å². The molecule has 2 amide bonds. The Bertz CT molecular complexity index is 991. The maximum Gasteiger partial charge on any atom is 0.323 e. The van der Waals surface area contributed by atoms with Gasteiger partial charge in [0.15, 0.2) is 0 Å². The first-order chi connectivity index (χ1) is 14.0. The van der Waals surface area contributed by atoms with Gasteiger partial charge >= 0.3 is 6.03 Å². The minimum Gasteiger partial charge on any atom is -0.351 e. The van der Waals surface area contributed by atoms with Crippen LogP contribution in [0.3, 0.4) is 0 Å². The Balaban J connectivity index is 1.52. The molecule has 0 aliphatic rings. The van der Waals surface area contributed by atoms with E-state index in [0.29, 0.717) is 11.4 Å². The largest absolute Gasteiger partial charge is 0.351 e. The zero-order chi connectivity index (χ0) is 20.6. The SMILES string of the molecule is C=C(Nc1ccc(NC(=O)Nc2ccccc2)cc1C)SCc1ccc(F)cc1. The number of anilines is 3. The van der Waals surface area contributed by atoms with E-state index in [1.165, 1.54) is 12.1 Å². The fourth-order valence-corrected chi connectivity index (χ4v) is 3.35. The zero-order valence-corrected chi connectivity index (χ0v) is 16.9. The molecule has 3 rings (SSSR count). The number of urea groups is 1. The van der Waals surface area contributed by atoms with Gasteiger partial charge in [0, 0.05) is 22.8 Å². The van der Waals surface area contributed by atoms with Crippen molar-refractivity contribution in [1.82, 2.24) is 0 Å². The average Bonchev–Trinajstić information content (AvgIpc) is 2.70. The molecule has 0 bridgehead atoms. The van der Waals surface area contributed by atoms with Crippen LogP contribution in [0, 0.1) is 12.7 Å². The van der Waals surface area contributed by atoms with Gasteiger partial charge in [-0.05, 0) is 60.5 Å². The Morgan fingerprint density at radius 2 is 1.62 bits per heavy atom. The number of hydrogen-bond donors (Lipinski definition) is 3. The summed E-state index contributed by atoms with van der Waals surface area (Å²) in [6.45, 7) is 6.00. The highest BCUT2D eigenvalue weighted by molar-refractivity contribution is 8.02.